The van der Waals surface area contributed by atoms with Gasteiger partial charge in [0.05, 0.1) is 18.6 Å². The van der Waals surface area contributed by atoms with Gasteiger partial charge in [0.1, 0.15) is 11.5 Å². The van der Waals surface area contributed by atoms with E-state index in [4.69, 9.17) is 9.47 Å². The summed E-state index contributed by atoms with van der Waals surface area (Å²) in [6.45, 7) is 1.68. The van der Waals surface area contributed by atoms with Crippen molar-refractivity contribution in [3.63, 3.8) is 0 Å². The fraction of sp³-hybridized carbons (Fsp3) is 0.222. The van der Waals surface area contributed by atoms with Gasteiger partial charge in [0.2, 0.25) is 5.91 Å². The van der Waals surface area contributed by atoms with Crippen molar-refractivity contribution >= 4 is 35.0 Å². The third kappa shape index (κ3) is 4.24. The molecule has 7 heteroatoms. The van der Waals surface area contributed by atoms with E-state index in [9.17, 15) is 9.59 Å². The summed E-state index contributed by atoms with van der Waals surface area (Å²) in [5, 5.41) is 5.58. The maximum absolute atomic E-state index is 12.1. The largest absolute Gasteiger partial charge is 0.497 e. The van der Waals surface area contributed by atoms with Crippen LogP contribution in [0.4, 0.5) is 11.4 Å². The van der Waals surface area contributed by atoms with Crippen LogP contribution in [0.1, 0.15) is 6.92 Å². The van der Waals surface area contributed by atoms with Gasteiger partial charge >= 0.3 is 0 Å². The van der Waals surface area contributed by atoms with Gasteiger partial charge in [-0.2, -0.15) is 0 Å². The summed E-state index contributed by atoms with van der Waals surface area (Å²) in [6, 6.07) is 12.7. The minimum atomic E-state index is -0.520. The Morgan fingerprint density at radius 3 is 2.76 bits per heavy atom. The van der Waals surface area contributed by atoms with Crippen LogP contribution >= 0.6 is 11.8 Å². The summed E-state index contributed by atoms with van der Waals surface area (Å²) in [7, 11) is 1.61. The summed E-state index contributed by atoms with van der Waals surface area (Å²) < 4.78 is 10.6. The molecule has 3 rings (SSSR count). The van der Waals surface area contributed by atoms with E-state index < -0.39 is 6.10 Å². The first-order valence-electron chi connectivity index (χ1n) is 7.73. The average molecular weight is 358 g/mol. The molecule has 0 aliphatic carbocycles. The SMILES string of the molecule is COc1ccc(SCC(=O)Nc2ccc3c(c2)NC(=O)[C@@H](C)O3)cc1. The summed E-state index contributed by atoms with van der Waals surface area (Å²) in [6.07, 6.45) is -0.520. The Kier molecular flexibility index (Phi) is 5.14. The van der Waals surface area contributed by atoms with E-state index in [2.05, 4.69) is 10.6 Å². The number of amides is 2. The highest BCUT2D eigenvalue weighted by molar-refractivity contribution is 8.00. The molecule has 0 saturated carbocycles. The van der Waals surface area contributed by atoms with Crippen LogP contribution in [0.15, 0.2) is 47.4 Å². The summed E-state index contributed by atoms with van der Waals surface area (Å²) in [5.41, 5.74) is 1.17. The van der Waals surface area contributed by atoms with Crippen molar-refractivity contribution in [3.8, 4) is 11.5 Å². The normalized spacial score (nSPS) is 15.6. The molecule has 2 aromatic carbocycles. The number of methoxy groups -OCH3 is 1. The van der Waals surface area contributed by atoms with Gasteiger partial charge in [-0.1, -0.05) is 0 Å². The summed E-state index contributed by atoms with van der Waals surface area (Å²) >= 11 is 1.43. The number of fused-ring (bicyclic) bond motifs is 1. The number of benzene rings is 2. The summed E-state index contributed by atoms with van der Waals surface area (Å²) in [4.78, 5) is 24.8. The first-order valence-corrected chi connectivity index (χ1v) is 8.72. The number of nitrogens with one attached hydrogen (secondary N) is 2. The molecule has 0 unspecified atom stereocenters. The number of ether oxygens (including phenoxy) is 2. The molecule has 6 nitrogen and oxygen atoms in total. The van der Waals surface area contributed by atoms with Crippen LogP contribution in [0.25, 0.3) is 0 Å². The quantitative estimate of drug-likeness (QED) is 0.803. The molecular weight excluding hydrogens is 340 g/mol. The Labute approximate surface area is 149 Å². The number of anilines is 2. The molecule has 2 N–H and O–H groups in total. The average Bonchev–Trinajstić information content (AvgIpc) is 2.61. The Hall–Kier alpha value is -2.67. The molecule has 1 aliphatic rings. The van der Waals surface area contributed by atoms with Crippen molar-refractivity contribution in [2.24, 2.45) is 0 Å². The van der Waals surface area contributed by atoms with Crippen LogP contribution < -0.4 is 20.1 Å². The third-order valence-corrected chi connectivity index (χ3v) is 4.64. The third-order valence-electron chi connectivity index (χ3n) is 3.62. The van der Waals surface area contributed by atoms with Gasteiger partial charge < -0.3 is 20.1 Å². The molecule has 2 aromatic rings. The van der Waals surface area contributed by atoms with E-state index in [1.165, 1.54) is 11.8 Å². The van der Waals surface area contributed by atoms with E-state index in [1.54, 1.807) is 32.2 Å². The van der Waals surface area contributed by atoms with Crippen LogP contribution in [0.3, 0.4) is 0 Å². The van der Waals surface area contributed by atoms with Gasteiger partial charge in [-0.3, -0.25) is 9.59 Å². The topological polar surface area (TPSA) is 76.7 Å². The highest BCUT2D eigenvalue weighted by Crippen LogP contribution is 2.32. The fourth-order valence-corrected chi connectivity index (χ4v) is 3.00. The van der Waals surface area contributed by atoms with Gasteiger partial charge in [0.25, 0.3) is 5.91 Å². The molecule has 1 atom stereocenters. The lowest BCUT2D eigenvalue weighted by Crippen LogP contribution is -2.34. The maximum Gasteiger partial charge on any atom is 0.265 e. The molecule has 0 fully saturated rings. The zero-order chi connectivity index (χ0) is 17.8. The highest BCUT2D eigenvalue weighted by Gasteiger charge is 2.23. The minimum Gasteiger partial charge on any atom is -0.497 e. The first-order chi connectivity index (χ1) is 12.0. The molecule has 1 aliphatic heterocycles. The number of hydrogen-bond donors (Lipinski definition) is 2. The predicted molar refractivity (Wildman–Crippen MR) is 97.5 cm³/mol. The van der Waals surface area contributed by atoms with Gasteiger partial charge in [-0.05, 0) is 49.4 Å². The van der Waals surface area contributed by atoms with Crippen molar-refractivity contribution in [2.75, 3.05) is 23.5 Å². The van der Waals surface area contributed by atoms with Crippen LogP contribution in [-0.2, 0) is 9.59 Å². The highest BCUT2D eigenvalue weighted by atomic mass is 32.2. The van der Waals surface area contributed by atoms with Gasteiger partial charge in [-0.15, -0.1) is 11.8 Å². The van der Waals surface area contributed by atoms with E-state index >= 15 is 0 Å². The molecule has 2 amide bonds. The molecule has 1 heterocycles. The lowest BCUT2D eigenvalue weighted by atomic mass is 10.2. The second-order valence-corrected chi connectivity index (χ2v) is 6.52. The molecule has 25 heavy (non-hydrogen) atoms. The Bertz CT molecular complexity index is 792. The van der Waals surface area contributed by atoms with Crippen molar-refractivity contribution in [3.05, 3.63) is 42.5 Å². The smallest absolute Gasteiger partial charge is 0.265 e. The minimum absolute atomic E-state index is 0.128. The standard InChI is InChI=1S/C18H18N2O4S/c1-11-18(22)20-15-9-12(3-8-16(15)24-11)19-17(21)10-25-14-6-4-13(23-2)5-7-14/h3-9,11H,10H2,1-2H3,(H,19,21)(H,20,22)/t11-/m1/s1. The zero-order valence-corrected chi connectivity index (χ0v) is 14.7. The van der Waals surface area contributed by atoms with Crippen molar-refractivity contribution in [1.29, 1.82) is 0 Å². The lowest BCUT2D eigenvalue weighted by Gasteiger charge is -2.23. The van der Waals surface area contributed by atoms with Crippen molar-refractivity contribution in [2.45, 2.75) is 17.9 Å². The fourth-order valence-electron chi connectivity index (χ4n) is 2.30. The first kappa shape index (κ1) is 17.2. The molecule has 0 spiro atoms. The van der Waals surface area contributed by atoms with Crippen LogP contribution in [0.2, 0.25) is 0 Å². The second-order valence-electron chi connectivity index (χ2n) is 5.47. The molecule has 0 saturated heterocycles. The number of thioether (sulfide) groups is 1. The summed E-state index contributed by atoms with van der Waals surface area (Å²) in [5.74, 6) is 1.32. The molecule has 0 aromatic heterocycles. The number of rotatable bonds is 5. The number of carbonyl (C=O) groups is 2. The molecular formula is C18H18N2O4S. The van der Waals surface area contributed by atoms with E-state index in [0.29, 0.717) is 17.1 Å². The van der Waals surface area contributed by atoms with Crippen molar-refractivity contribution < 1.29 is 19.1 Å². The monoisotopic (exact) mass is 358 g/mol. The Morgan fingerprint density at radius 2 is 2.04 bits per heavy atom. The van der Waals surface area contributed by atoms with E-state index in [-0.39, 0.29) is 17.6 Å². The van der Waals surface area contributed by atoms with Gasteiger partial charge in [-0.25, -0.2) is 0 Å². The lowest BCUT2D eigenvalue weighted by molar-refractivity contribution is -0.122. The van der Waals surface area contributed by atoms with Gasteiger partial charge in [0.15, 0.2) is 6.10 Å². The number of carbonyl (C=O) groups excluding carboxylic acids is 2. The zero-order valence-electron chi connectivity index (χ0n) is 13.9. The van der Waals surface area contributed by atoms with E-state index in [1.807, 2.05) is 24.3 Å². The van der Waals surface area contributed by atoms with Crippen LogP contribution in [0, 0.1) is 0 Å². The molecule has 0 bridgehead atoms. The molecule has 130 valence electrons. The Balaban J connectivity index is 1.57. The number of hydrogen-bond acceptors (Lipinski definition) is 5. The van der Waals surface area contributed by atoms with Crippen LogP contribution in [0.5, 0.6) is 11.5 Å². The molecule has 0 radical (unpaired) electrons. The Morgan fingerprint density at radius 1 is 1.28 bits per heavy atom. The van der Waals surface area contributed by atoms with Crippen LogP contribution in [-0.4, -0.2) is 30.8 Å². The maximum atomic E-state index is 12.1. The second kappa shape index (κ2) is 7.48. The van der Waals surface area contributed by atoms with E-state index in [0.717, 1.165) is 10.6 Å². The predicted octanol–water partition coefficient (Wildman–Crippen LogP) is 3.15. The van der Waals surface area contributed by atoms with Gasteiger partial charge in [0, 0.05) is 10.6 Å². The van der Waals surface area contributed by atoms with Crippen molar-refractivity contribution in [1.82, 2.24) is 0 Å².